The molecule has 8 nitrogen and oxygen atoms in total. The summed E-state index contributed by atoms with van der Waals surface area (Å²) in [7, 11) is -4.21. The third-order valence-corrected chi connectivity index (χ3v) is 6.07. The van der Waals surface area contributed by atoms with Crippen LogP contribution < -0.4 is 14.3 Å². The molecule has 33 heavy (non-hydrogen) atoms. The normalized spacial score (nSPS) is 20.0. The maximum atomic E-state index is 13.4. The van der Waals surface area contributed by atoms with Crippen molar-refractivity contribution in [3.8, 4) is 0 Å². The van der Waals surface area contributed by atoms with Crippen molar-refractivity contribution in [3.05, 3.63) is 36.0 Å². The van der Waals surface area contributed by atoms with Gasteiger partial charge in [0.15, 0.2) is 0 Å². The van der Waals surface area contributed by atoms with Gasteiger partial charge in [0.05, 0.1) is 11.1 Å². The lowest BCUT2D eigenvalue weighted by atomic mass is 9.95. The first kappa shape index (κ1) is 25.0. The predicted octanol–water partition coefficient (Wildman–Crippen LogP) is 3.83. The van der Waals surface area contributed by atoms with Gasteiger partial charge in [-0.2, -0.15) is 26.3 Å². The molecule has 1 aromatic heterocycles. The van der Waals surface area contributed by atoms with E-state index < -0.39 is 39.7 Å². The van der Waals surface area contributed by atoms with Crippen LogP contribution in [0.2, 0.25) is 0 Å². The summed E-state index contributed by atoms with van der Waals surface area (Å²) >= 11 is 0. The number of ether oxygens (including phenoxy) is 1. The molecule has 1 saturated heterocycles. The number of piperidine rings is 1. The molecule has 0 spiro atoms. The molecule has 1 aliphatic heterocycles. The molecule has 2 aromatic rings. The Labute approximate surface area is 190 Å². The Morgan fingerprint density at radius 3 is 2.52 bits per heavy atom. The van der Waals surface area contributed by atoms with Gasteiger partial charge in [0.25, 0.3) is 0 Å². The van der Waals surface area contributed by atoms with Crippen LogP contribution in [-0.4, -0.2) is 44.2 Å². The average Bonchev–Trinajstić information content (AvgIpc) is 2.63. The van der Waals surface area contributed by atoms with E-state index >= 15 is 0 Å². The van der Waals surface area contributed by atoms with Crippen LogP contribution in [0.1, 0.15) is 39.7 Å². The van der Waals surface area contributed by atoms with Gasteiger partial charge < -0.3 is 9.64 Å². The van der Waals surface area contributed by atoms with Crippen molar-refractivity contribution in [1.82, 2.24) is 14.4 Å². The van der Waals surface area contributed by atoms with Crippen molar-refractivity contribution >= 4 is 32.9 Å². The Morgan fingerprint density at radius 2 is 1.88 bits per heavy atom. The van der Waals surface area contributed by atoms with Gasteiger partial charge in [-0.1, -0.05) is 6.92 Å². The molecular weight excluding hydrogens is 461 g/mol. The number of carbonyl (C=O) groups is 1. The Kier molecular flexibility index (Phi) is 6.81. The summed E-state index contributed by atoms with van der Waals surface area (Å²) in [4.78, 5) is 17.6. The van der Waals surface area contributed by atoms with Crippen LogP contribution >= 0.6 is 0 Å². The molecule has 2 atom stereocenters. The predicted molar refractivity (Wildman–Crippen MR) is 118 cm³/mol. The fraction of sp³-hybridized carbons (Fsp3) is 0.524. The largest absolute Gasteiger partial charge is 0.443 e. The van der Waals surface area contributed by atoms with Crippen molar-refractivity contribution in [2.24, 2.45) is 5.92 Å². The third kappa shape index (κ3) is 6.47. The number of nitrogens with zero attached hydrogens (tertiary/aromatic N) is 2. The number of pyridine rings is 1. The molecule has 0 aliphatic carbocycles. The summed E-state index contributed by atoms with van der Waals surface area (Å²) in [6.45, 7) is 7.46. The van der Waals surface area contributed by atoms with Crippen LogP contribution in [0.4, 0.5) is 23.7 Å². The Hall–Kier alpha value is -2.60. The van der Waals surface area contributed by atoms with Crippen LogP contribution in [0, 0.1) is 5.92 Å². The summed E-state index contributed by atoms with van der Waals surface area (Å²) in [5.74, 6) is 0.0296. The van der Waals surface area contributed by atoms with E-state index in [0.29, 0.717) is 24.0 Å². The minimum Gasteiger partial charge on any atom is -0.443 e. The number of nitrogens with one attached hydrogen (secondary N) is 2. The fourth-order valence-corrected chi connectivity index (χ4v) is 4.88. The van der Waals surface area contributed by atoms with E-state index in [9.17, 15) is 26.4 Å². The first-order valence-corrected chi connectivity index (χ1v) is 11.9. The first-order chi connectivity index (χ1) is 15.1. The minimum absolute atomic E-state index is 0.0296. The minimum atomic E-state index is -4.55. The summed E-state index contributed by atoms with van der Waals surface area (Å²) in [6.07, 6.45) is -3.86. The number of aromatic nitrogens is 1. The molecule has 12 heteroatoms. The van der Waals surface area contributed by atoms with Crippen LogP contribution in [-0.2, 0) is 21.1 Å². The van der Waals surface area contributed by atoms with Crippen molar-refractivity contribution in [1.29, 1.82) is 0 Å². The quantitative estimate of drug-likeness (QED) is 0.679. The van der Waals surface area contributed by atoms with Crippen molar-refractivity contribution in [3.63, 3.8) is 0 Å². The molecule has 1 aromatic carbocycles. The zero-order valence-corrected chi connectivity index (χ0v) is 19.5. The smallest absolute Gasteiger partial charge is 0.422 e. The van der Waals surface area contributed by atoms with Crippen LogP contribution in [0.25, 0.3) is 10.9 Å². The van der Waals surface area contributed by atoms with E-state index in [4.69, 9.17) is 4.74 Å². The van der Waals surface area contributed by atoms with Crippen LogP contribution in [0.5, 0.6) is 0 Å². The van der Waals surface area contributed by atoms with Crippen LogP contribution in [0.15, 0.2) is 30.5 Å². The van der Waals surface area contributed by atoms with E-state index in [2.05, 4.69) is 9.71 Å². The van der Waals surface area contributed by atoms with Gasteiger partial charge in [-0.05, 0) is 57.4 Å². The molecule has 1 amide bonds. The lowest BCUT2D eigenvalue weighted by Crippen LogP contribution is -2.54. The van der Waals surface area contributed by atoms with E-state index in [0.717, 1.165) is 6.07 Å². The van der Waals surface area contributed by atoms with E-state index in [1.807, 2.05) is 16.5 Å². The fourth-order valence-electron chi connectivity index (χ4n) is 3.95. The number of amides is 1. The van der Waals surface area contributed by atoms with Crippen molar-refractivity contribution in [2.45, 2.75) is 51.9 Å². The van der Waals surface area contributed by atoms with Gasteiger partial charge in [-0.3, -0.25) is 4.98 Å². The molecule has 0 radical (unpaired) electrons. The summed E-state index contributed by atoms with van der Waals surface area (Å²) in [5.41, 5.74) is -1.33. The zero-order chi connectivity index (χ0) is 24.6. The second-order valence-corrected chi connectivity index (χ2v) is 10.6. The molecule has 3 rings (SSSR count). The van der Waals surface area contributed by atoms with Crippen molar-refractivity contribution < 1.29 is 31.1 Å². The maximum absolute atomic E-state index is 13.4. The average molecular weight is 489 g/mol. The second-order valence-electron chi connectivity index (χ2n) is 9.20. The molecule has 0 saturated carbocycles. The van der Waals surface area contributed by atoms with Gasteiger partial charge >= 0.3 is 22.5 Å². The maximum Gasteiger partial charge on any atom is 0.422 e. The highest BCUT2D eigenvalue weighted by Gasteiger charge is 2.35. The van der Waals surface area contributed by atoms with Crippen LogP contribution in [0.3, 0.4) is 0 Å². The molecule has 2 N–H and O–H groups in total. The molecule has 1 aliphatic rings. The molecule has 2 heterocycles. The monoisotopic (exact) mass is 488 g/mol. The summed E-state index contributed by atoms with van der Waals surface area (Å²) in [5, 5.41) is 0.329. The highest BCUT2D eigenvalue weighted by molar-refractivity contribution is 7.88. The van der Waals surface area contributed by atoms with Gasteiger partial charge in [0, 0.05) is 36.4 Å². The van der Waals surface area contributed by atoms with Gasteiger partial charge in [0.2, 0.25) is 0 Å². The topological polar surface area (TPSA) is 101 Å². The van der Waals surface area contributed by atoms with Gasteiger partial charge in [-0.25, -0.2) is 9.52 Å². The first-order valence-electron chi connectivity index (χ1n) is 10.4. The number of rotatable bonds is 4. The highest BCUT2D eigenvalue weighted by Crippen LogP contribution is 2.38. The number of hydrogen-bond acceptors (Lipinski definition) is 6. The Morgan fingerprint density at radius 1 is 1.18 bits per heavy atom. The Balaban J connectivity index is 1.83. The Bertz CT molecular complexity index is 1130. The SMILES string of the molecule is C[C@H]1C[C@@H](NS(=O)(=O)NC(=O)OC(C)(C)C)CN(c2ccc(C(F)(F)F)c3ncccc23)C1. The number of carbonyl (C=O) groups excluding carboxylic acids is 1. The summed E-state index contributed by atoms with van der Waals surface area (Å²) in [6, 6.07) is 4.92. The number of halogens is 3. The van der Waals surface area contributed by atoms with E-state index in [1.54, 1.807) is 32.9 Å². The lowest BCUT2D eigenvalue weighted by Gasteiger charge is -2.38. The van der Waals surface area contributed by atoms with E-state index in [-0.39, 0.29) is 18.0 Å². The number of anilines is 1. The molecular formula is C21H27F3N4O4S. The molecule has 1 fully saturated rings. The third-order valence-electron chi connectivity index (χ3n) is 4.99. The second kappa shape index (κ2) is 8.98. The number of fused-ring (bicyclic) bond motifs is 1. The number of benzene rings is 1. The van der Waals surface area contributed by atoms with Gasteiger partial charge in [0.1, 0.15) is 5.60 Å². The molecule has 182 valence electrons. The van der Waals surface area contributed by atoms with Gasteiger partial charge in [-0.15, -0.1) is 0 Å². The number of hydrogen-bond donors (Lipinski definition) is 2. The van der Waals surface area contributed by atoms with Crippen molar-refractivity contribution in [2.75, 3.05) is 18.0 Å². The summed E-state index contributed by atoms with van der Waals surface area (Å²) < 4.78 is 74.4. The standard InChI is InChI=1S/C21H27F3N4O4S/c1-13-10-14(26-33(30,31)27-19(29)32-20(2,3)4)12-28(11-13)17-8-7-16(21(22,23)24)18-15(17)6-5-9-25-18/h5-9,13-14,26H,10-12H2,1-4H3,(H,27,29)/t13-,14+/m0/s1. The highest BCUT2D eigenvalue weighted by atomic mass is 32.2. The van der Waals surface area contributed by atoms with E-state index in [1.165, 1.54) is 12.3 Å². The zero-order valence-electron chi connectivity index (χ0n) is 18.7. The number of alkyl halides is 3. The lowest BCUT2D eigenvalue weighted by molar-refractivity contribution is -0.136. The molecule has 0 bridgehead atoms. The molecule has 0 unspecified atom stereocenters.